The molecular formula is C32H42. The van der Waals surface area contributed by atoms with Crippen LogP contribution >= 0.6 is 0 Å². The fourth-order valence-corrected chi connectivity index (χ4v) is 8.46. The Morgan fingerprint density at radius 2 is 1.50 bits per heavy atom. The molecule has 4 rings (SSSR count). The van der Waals surface area contributed by atoms with Crippen molar-refractivity contribution in [3.8, 4) is 0 Å². The Morgan fingerprint density at radius 3 is 2.06 bits per heavy atom. The summed E-state index contributed by atoms with van der Waals surface area (Å²) in [6.45, 7) is 37.6. The zero-order valence-electron chi connectivity index (χ0n) is 22.1. The van der Waals surface area contributed by atoms with E-state index in [-0.39, 0.29) is 16.2 Å². The zero-order valence-corrected chi connectivity index (χ0v) is 22.1. The van der Waals surface area contributed by atoms with E-state index in [2.05, 4.69) is 94.5 Å². The summed E-state index contributed by atoms with van der Waals surface area (Å²) in [5, 5.41) is 0. The monoisotopic (exact) mass is 426 g/mol. The fraction of sp³-hybridized carbons (Fsp3) is 0.500. The van der Waals surface area contributed by atoms with Crippen molar-refractivity contribution in [3.63, 3.8) is 0 Å². The molecule has 0 bridgehead atoms. The van der Waals surface area contributed by atoms with Gasteiger partial charge in [0.2, 0.25) is 0 Å². The van der Waals surface area contributed by atoms with Crippen LogP contribution in [0.25, 0.3) is 5.57 Å². The van der Waals surface area contributed by atoms with Crippen LogP contribution in [-0.4, -0.2) is 0 Å². The smallest absolute Gasteiger partial charge is 0.0162 e. The summed E-state index contributed by atoms with van der Waals surface area (Å²) < 4.78 is 0. The summed E-state index contributed by atoms with van der Waals surface area (Å²) >= 11 is 0. The number of fused-ring (bicyclic) bond motifs is 3. The quantitative estimate of drug-likeness (QED) is 0.419. The van der Waals surface area contributed by atoms with Crippen molar-refractivity contribution in [2.24, 2.45) is 22.2 Å². The molecule has 0 N–H and O–H groups in total. The maximum Gasteiger partial charge on any atom is 0.0162 e. The normalized spacial score (nSPS) is 36.7. The van der Waals surface area contributed by atoms with Crippen LogP contribution in [-0.2, 0) is 0 Å². The van der Waals surface area contributed by atoms with E-state index >= 15 is 0 Å². The van der Waals surface area contributed by atoms with Gasteiger partial charge in [0, 0.05) is 10.8 Å². The maximum atomic E-state index is 4.78. The highest BCUT2D eigenvalue weighted by atomic mass is 14.7. The number of aryl methyl sites for hydroxylation is 2. The van der Waals surface area contributed by atoms with Gasteiger partial charge in [-0.1, -0.05) is 83.2 Å². The van der Waals surface area contributed by atoms with Crippen molar-refractivity contribution in [3.05, 3.63) is 87.6 Å². The van der Waals surface area contributed by atoms with Crippen molar-refractivity contribution >= 4 is 5.57 Å². The van der Waals surface area contributed by atoms with Crippen LogP contribution in [0, 0.1) is 36.0 Å². The van der Waals surface area contributed by atoms with Crippen LogP contribution in [0.3, 0.4) is 0 Å². The van der Waals surface area contributed by atoms with Crippen LogP contribution in [0.5, 0.6) is 0 Å². The predicted octanol–water partition coefficient (Wildman–Crippen LogP) is 9.27. The standard InChI is InChI=1S/C32H42/c1-17(2)26-20(5)16-30(11)25(10)31(12)22(7)28-19(4)15-14-18(3)27(28)21(6)29(31)24(9)32(30,13)23(26)8/h14-15,22,25H,1,5-6,16H2,2-4,7-13H3/t22-,25+,30+,31-,32-/m1/s1. The van der Waals surface area contributed by atoms with E-state index in [1.807, 2.05) is 0 Å². The van der Waals surface area contributed by atoms with Crippen molar-refractivity contribution in [2.75, 3.05) is 0 Å². The molecule has 0 unspecified atom stereocenters. The topological polar surface area (TPSA) is 0 Å². The van der Waals surface area contributed by atoms with E-state index in [9.17, 15) is 0 Å². The second kappa shape index (κ2) is 6.72. The van der Waals surface area contributed by atoms with Gasteiger partial charge in [0.25, 0.3) is 0 Å². The molecule has 32 heavy (non-hydrogen) atoms. The molecule has 0 aromatic heterocycles. The lowest BCUT2D eigenvalue weighted by molar-refractivity contribution is -0.0271. The van der Waals surface area contributed by atoms with Gasteiger partial charge >= 0.3 is 0 Å². The lowest BCUT2D eigenvalue weighted by Crippen LogP contribution is -2.58. The summed E-state index contributed by atoms with van der Waals surface area (Å²) in [6, 6.07) is 4.58. The first-order valence-electron chi connectivity index (χ1n) is 12.2. The van der Waals surface area contributed by atoms with Crippen molar-refractivity contribution in [1.29, 1.82) is 0 Å². The average Bonchev–Trinajstić information content (AvgIpc) is 2.70. The van der Waals surface area contributed by atoms with Gasteiger partial charge in [-0.25, -0.2) is 0 Å². The SMILES string of the molecule is C=C(C)C1=C(C)[C@]2(C)C(C)=C3C(=C)c4c(C)ccc(C)c4[C@@H](C)[C@]3(C)[C@@H](C)[C@]2(C)CC1=C. The molecule has 0 heterocycles. The van der Waals surface area contributed by atoms with Crippen LogP contribution in [0.2, 0.25) is 0 Å². The first-order valence-corrected chi connectivity index (χ1v) is 12.2. The maximum absolute atomic E-state index is 4.78. The molecule has 0 radical (unpaired) electrons. The number of benzene rings is 1. The third-order valence-corrected chi connectivity index (χ3v) is 10.8. The van der Waals surface area contributed by atoms with Gasteiger partial charge in [-0.2, -0.15) is 0 Å². The summed E-state index contributed by atoms with van der Waals surface area (Å²) in [7, 11) is 0. The van der Waals surface area contributed by atoms with E-state index in [1.165, 1.54) is 55.7 Å². The molecule has 170 valence electrons. The third kappa shape index (κ3) is 2.34. The molecule has 1 aromatic carbocycles. The molecule has 0 amide bonds. The zero-order chi connectivity index (χ0) is 24.1. The van der Waals surface area contributed by atoms with E-state index in [4.69, 9.17) is 6.58 Å². The number of rotatable bonds is 1. The second-order valence-electron chi connectivity index (χ2n) is 11.8. The summed E-state index contributed by atoms with van der Waals surface area (Å²) in [4.78, 5) is 0. The Balaban J connectivity index is 2.17. The first-order chi connectivity index (χ1) is 14.7. The molecule has 3 aliphatic carbocycles. The van der Waals surface area contributed by atoms with Gasteiger partial charge in [-0.05, 0) is 103 Å². The molecule has 0 heteroatoms. The average molecular weight is 427 g/mol. The minimum absolute atomic E-state index is 0.0300. The highest BCUT2D eigenvalue weighted by molar-refractivity contribution is 5.88. The molecular weight excluding hydrogens is 384 g/mol. The molecule has 0 aliphatic heterocycles. The molecule has 0 nitrogen and oxygen atoms in total. The largest absolute Gasteiger partial charge is 0.0955 e. The molecule has 1 aromatic rings. The summed E-state index contributed by atoms with van der Waals surface area (Å²) in [6.07, 6.45) is 1.02. The minimum Gasteiger partial charge on any atom is -0.0955 e. The second-order valence-corrected chi connectivity index (χ2v) is 11.8. The Kier molecular flexibility index (Phi) is 4.85. The Labute approximate surface area is 196 Å². The van der Waals surface area contributed by atoms with Crippen LogP contribution in [0.1, 0.15) is 90.0 Å². The van der Waals surface area contributed by atoms with E-state index in [1.54, 1.807) is 0 Å². The minimum atomic E-state index is -0.0470. The summed E-state index contributed by atoms with van der Waals surface area (Å²) in [5.41, 5.74) is 15.1. The Morgan fingerprint density at radius 1 is 0.938 bits per heavy atom. The van der Waals surface area contributed by atoms with Gasteiger partial charge in [-0.3, -0.25) is 0 Å². The highest BCUT2D eigenvalue weighted by Crippen LogP contribution is 2.74. The molecule has 0 fully saturated rings. The lowest BCUT2D eigenvalue weighted by atomic mass is 9.37. The molecule has 0 spiro atoms. The molecule has 0 saturated carbocycles. The van der Waals surface area contributed by atoms with E-state index in [0.717, 1.165) is 12.0 Å². The third-order valence-electron chi connectivity index (χ3n) is 10.8. The van der Waals surface area contributed by atoms with Crippen molar-refractivity contribution in [2.45, 2.75) is 81.6 Å². The van der Waals surface area contributed by atoms with Gasteiger partial charge in [0.05, 0.1) is 0 Å². The number of hydrogen-bond donors (Lipinski definition) is 0. The molecule has 5 atom stereocenters. The van der Waals surface area contributed by atoms with Crippen LogP contribution in [0.15, 0.2) is 65.3 Å². The van der Waals surface area contributed by atoms with Crippen LogP contribution in [0.4, 0.5) is 0 Å². The van der Waals surface area contributed by atoms with Gasteiger partial charge in [0.1, 0.15) is 0 Å². The van der Waals surface area contributed by atoms with Crippen LogP contribution < -0.4 is 0 Å². The Bertz CT molecular complexity index is 1160. The lowest BCUT2D eigenvalue weighted by Gasteiger charge is -2.67. The van der Waals surface area contributed by atoms with Gasteiger partial charge in [-0.15, -0.1) is 0 Å². The number of hydrogen-bond acceptors (Lipinski definition) is 0. The summed E-state index contributed by atoms with van der Waals surface area (Å²) in [5.74, 6) is 0.904. The highest BCUT2D eigenvalue weighted by Gasteiger charge is 2.64. The van der Waals surface area contributed by atoms with Crippen molar-refractivity contribution in [1.82, 2.24) is 0 Å². The van der Waals surface area contributed by atoms with Gasteiger partial charge < -0.3 is 0 Å². The van der Waals surface area contributed by atoms with E-state index in [0.29, 0.717) is 11.8 Å². The van der Waals surface area contributed by atoms with Gasteiger partial charge in [0.15, 0.2) is 0 Å². The fourth-order valence-electron chi connectivity index (χ4n) is 8.46. The molecule has 0 saturated heterocycles. The molecule has 3 aliphatic rings. The predicted molar refractivity (Wildman–Crippen MR) is 141 cm³/mol. The Hall–Kier alpha value is -2.08. The number of allylic oxidation sites excluding steroid dienone is 7. The van der Waals surface area contributed by atoms with Crippen molar-refractivity contribution < 1.29 is 0 Å². The first kappa shape index (κ1) is 23.1. The van der Waals surface area contributed by atoms with E-state index < -0.39 is 0 Å².